The van der Waals surface area contributed by atoms with Crippen molar-refractivity contribution in [3.8, 4) is 6.07 Å². The molecular weight excluding hydrogens is 292 g/mol. The van der Waals surface area contributed by atoms with Crippen LogP contribution in [0, 0.1) is 16.7 Å². The summed E-state index contributed by atoms with van der Waals surface area (Å²) in [5.74, 6) is 0.0723. The van der Waals surface area contributed by atoms with E-state index in [0.717, 1.165) is 19.3 Å². The molecule has 0 saturated carbocycles. The fourth-order valence-electron chi connectivity index (χ4n) is 2.86. The summed E-state index contributed by atoms with van der Waals surface area (Å²) in [7, 11) is 0. The molecule has 1 heterocycles. The van der Waals surface area contributed by atoms with Crippen LogP contribution in [-0.2, 0) is 11.2 Å². The maximum Gasteiger partial charge on any atom is 0.226 e. The van der Waals surface area contributed by atoms with Gasteiger partial charge in [0, 0.05) is 11.2 Å². The van der Waals surface area contributed by atoms with Crippen molar-refractivity contribution in [2.75, 3.05) is 6.54 Å². The Kier molecular flexibility index (Phi) is 5.57. The van der Waals surface area contributed by atoms with E-state index in [9.17, 15) is 4.79 Å². The molecule has 2 rings (SSSR count). The van der Waals surface area contributed by atoms with Gasteiger partial charge in [0.25, 0.3) is 0 Å². The highest BCUT2D eigenvalue weighted by molar-refractivity contribution is 7.17. The van der Waals surface area contributed by atoms with Gasteiger partial charge in [0.15, 0.2) is 0 Å². The number of thiophene rings is 1. The van der Waals surface area contributed by atoms with Crippen LogP contribution < -0.4 is 5.32 Å². The van der Waals surface area contributed by atoms with Crippen molar-refractivity contribution in [1.82, 2.24) is 5.32 Å². The summed E-state index contributed by atoms with van der Waals surface area (Å²) in [6.45, 7) is 4.57. The van der Waals surface area contributed by atoms with E-state index in [0.29, 0.717) is 13.0 Å². The molecular formula is C18H22N2OS. The third kappa shape index (κ3) is 3.31. The summed E-state index contributed by atoms with van der Waals surface area (Å²) in [5.41, 5.74) is 0.860. The van der Waals surface area contributed by atoms with E-state index in [1.165, 1.54) is 15.6 Å². The number of nitriles is 1. The van der Waals surface area contributed by atoms with Crippen molar-refractivity contribution in [3.05, 3.63) is 35.2 Å². The minimum atomic E-state index is -0.390. The van der Waals surface area contributed by atoms with Crippen LogP contribution in [0.2, 0.25) is 0 Å². The van der Waals surface area contributed by atoms with Gasteiger partial charge in [0.05, 0.1) is 17.9 Å². The summed E-state index contributed by atoms with van der Waals surface area (Å²) in [6, 6.07) is 10.4. The Morgan fingerprint density at radius 3 is 2.73 bits per heavy atom. The van der Waals surface area contributed by atoms with Crippen LogP contribution in [0.25, 0.3) is 10.1 Å². The molecule has 0 aliphatic rings. The second kappa shape index (κ2) is 7.42. The zero-order chi connectivity index (χ0) is 16.0. The third-order valence-corrected chi connectivity index (χ3v) is 5.46. The average Bonchev–Trinajstić information content (AvgIpc) is 2.96. The number of carbonyl (C=O) groups is 1. The molecule has 0 aliphatic heterocycles. The monoisotopic (exact) mass is 314 g/mol. The number of nitrogens with one attached hydrogen (secondary N) is 1. The maximum absolute atomic E-state index is 12.6. The van der Waals surface area contributed by atoms with E-state index < -0.39 is 0 Å². The Balaban J connectivity index is 2.24. The SMILES string of the molecule is CCC(CC)(Cc1csc2ccccc12)C(=O)NCCC#N. The van der Waals surface area contributed by atoms with Crippen LogP contribution in [-0.4, -0.2) is 12.5 Å². The second-order valence-electron chi connectivity index (χ2n) is 5.59. The van der Waals surface area contributed by atoms with Crippen molar-refractivity contribution in [3.63, 3.8) is 0 Å². The van der Waals surface area contributed by atoms with E-state index in [4.69, 9.17) is 5.26 Å². The maximum atomic E-state index is 12.6. The quantitative estimate of drug-likeness (QED) is 0.775. The summed E-state index contributed by atoms with van der Waals surface area (Å²) in [4.78, 5) is 12.6. The Hall–Kier alpha value is -1.86. The van der Waals surface area contributed by atoms with Crippen molar-refractivity contribution >= 4 is 27.3 Å². The lowest BCUT2D eigenvalue weighted by molar-refractivity contribution is -0.131. The van der Waals surface area contributed by atoms with Gasteiger partial charge in [0.1, 0.15) is 0 Å². The van der Waals surface area contributed by atoms with Crippen LogP contribution in [0.15, 0.2) is 29.6 Å². The Morgan fingerprint density at radius 2 is 2.05 bits per heavy atom. The first-order valence-corrected chi connectivity index (χ1v) is 8.65. The molecule has 3 nitrogen and oxygen atoms in total. The van der Waals surface area contributed by atoms with Gasteiger partial charge in [-0.15, -0.1) is 11.3 Å². The van der Waals surface area contributed by atoms with E-state index in [1.807, 2.05) is 12.1 Å². The van der Waals surface area contributed by atoms with Crippen LogP contribution in [0.1, 0.15) is 38.7 Å². The molecule has 1 aromatic heterocycles. The van der Waals surface area contributed by atoms with Crippen LogP contribution in [0.4, 0.5) is 0 Å². The highest BCUT2D eigenvalue weighted by Crippen LogP contribution is 2.36. The van der Waals surface area contributed by atoms with E-state index >= 15 is 0 Å². The number of hydrogen-bond donors (Lipinski definition) is 1. The molecule has 1 N–H and O–H groups in total. The lowest BCUT2D eigenvalue weighted by Crippen LogP contribution is -2.42. The van der Waals surface area contributed by atoms with E-state index in [2.05, 4.69) is 42.7 Å². The number of benzene rings is 1. The molecule has 116 valence electrons. The number of carbonyl (C=O) groups excluding carboxylic acids is 1. The van der Waals surface area contributed by atoms with E-state index in [-0.39, 0.29) is 11.3 Å². The van der Waals surface area contributed by atoms with Crippen molar-refractivity contribution in [2.24, 2.45) is 5.41 Å². The number of nitrogens with zero attached hydrogens (tertiary/aromatic N) is 1. The fraction of sp³-hybridized carbons (Fsp3) is 0.444. The predicted molar refractivity (Wildman–Crippen MR) is 91.8 cm³/mol. The van der Waals surface area contributed by atoms with Gasteiger partial charge < -0.3 is 5.32 Å². The molecule has 0 unspecified atom stereocenters. The lowest BCUT2D eigenvalue weighted by atomic mass is 9.76. The van der Waals surface area contributed by atoms with Gasteiger partial charge in [-0.3, -0.25) is 4.79 Å². The molecule has 2 aromatic rings. The summed E-state index contributed by atoms with van der Waals surface area (Å²) in [5, 5.41) is 15.0. The number of fused-ring (bicyclic) bond motifs is 1. The number of rotatable bonds is 7. The van der Waals surface area contributed by atoms with Crippen LogP contribution in [0.3, 0.4) is 0 Å². The third-order valence-electron chi connectivity index (χ3n) is 4.45. The predicted octanol–water partition coefficient (Wildman–Crippen LogP) is 4.28. The zero-order valence-corrected chi connectivity index (χ0v) is 14.0. The molecule has 0 saturated heterocycles. The van der Waals surface area contributed by atoms with Gasteiger partial charge in [-0.05, 0) is 41.7 Å². The largest absolute Gasteiger partial charge is 0.355 e. The first-order chi connectivity index (χ1) is 10.7. The standard InChI is InChI=1S/C18H22N2OS/c1-3-18(4-2,17(21)20-11-7-10-19)12-14-13-22-16-9-6-5-8-15(14)16/h5-6,8-9,13H,3-4,7,11-12H2,1-2H3,(H,20,21). The highest BCUT2D eigenvalue weighted by atomic mass is 32.1. The van der Waals surface area contributed by atoms with Crippen LogP contribution >= 0.6 is 11.3 Å². The van der Waals surface area contributed by atoms with Gasteiger partial charge in [0.2, 0.25) is 5.91 Å². The van der Waals surface area contributed by atoms with E-state index in [1.54, 1.807) is 11.3 Å². The minimum Gasteiger partial charge on any atom is -0.355 e. The molecule has 0 bridgehead atoms. The summed E-state index contributed by atoms with van der Waals surface area (Å²) < 4.78 is 1.27. The van der Waals surface area contributed by atoms with Gasteiger partial charge in [-0.25, -0.2) is 0 Å². The Morgan fingerprint density at radius 1 is 1.32 bits per heavy atom. The number of hydrogen-bond acceptors (Lipinski definition) is 3. The fourth-order valence-corrected chi connectivity index (χ4v) is 3.82. The molecule has 1 amide bonds. The van der Waals surface area contributed by atoms with Gasteiger partial charge >= 0.3 is 0 Å². The molecule has 0 aliphatic carbocycles. The molecule has 0 radical (unpaired) electrons. The molecule has 22 heavy (non-hydrogen) atoms. The summed E-state index contributed by atoms with van der Waals surface area (Å²) >= 11 is 1.73. The zero-order valence-electron chi connectivity index (χ0n) is 13.2. The average molecular weight is 314 g/mol. The van der Waals surface area contributed by atoms with Crippen molar-refractivity contribution < 1.29 is 4.79 Å². The normalized spacial score (nSPS) is 11.3. The Bertz CT molecular complexity index is 680. The minimum absolute atomic E-state index is 0.0723. The van der Waals surface area contributed by atoms with Crippen molar-refractivity contribution in [1.29, 1.82) is 5.26 Å². The molecule has 1 aromatic carbocycles. The topological polar surface area (TPSA) is 52.9 Å². The van der Waals surface area contributed by atoms with Gasteiger partial charge in [-0.2, -0.15) is 5.26 Å². The smallest absolute Gasteiger partial charge is 0.226 e. The first kappa shape index (κ1) is 16.5. The van der Waals surface area contributed by atoms with Crippen LogP contribution in [0.5, 0.6) is 0 Å². The number of amides is 1. The highest BCUT2D eigenvalue weighted by Gasteiger charge is 2.35. The molecule has 4 heteroatoms. The molecule has 0 spiro atoms. The lowest BCUT2D eigenvalue weighted by Gasteiger charge is -2.30. The summed E-state index contributed by atoms with van der Waals surface area (Å²) in [6.07, 6.45) is 2.71. The Labute approximate surface area is 136 Å². The molecule has 0 fully saturated rings. The van der Waals surface area contributed by atoms with Gasteiger partial charge in [-0.1, -0.05) is 32.0 Å². The first-order valence-electron chi connectivity index (χ1n) is 7.77. The molecule has 0 atom stereocenters. The second-order valence-corrected chi connectivity index (χ2v) is 6.50. The van der Waals surface area contributed by atoms with Crippen molar-refractivity contribution in [2.45, 2.75) is 39.5 Å².